The number of aliphatic hydroxyl groups is 2. The van der Waals surface area contributed by atoms with E-state index in [0.29, 0.717) is 11.3 Å². The van der Waals surface area contributed by atoms with Crippen molar-refractivity contribution < 1.29 is 33.7 Å². The Balaban J connectivity index is 2.11. The third kappa shape index (κ3) is 4.06. The van der Waals surface area contributed by atoms with Gasteiger partial charge in [0.25, 0.3) is 5.85 Å². The number of carbonyl (C=O) groups is 1. The minimum Gasteiger partial charge on any atom is -0.387 e. The summed E-state index contributed by atoms with van der Waals surface area (Å²) in [6.45, 7) is 2.15. The van der Waals surface area contributed by atoms with E-state index < -0.39 is 42.2 Å². The molecule has 0 radical (unpaired) electrons. The zero-order valence-corrected chi connectivity index (χ0v) is 13.7. The Morgan fingerprint density at radius 3 is 2.88 bits per heavy atom. The molecule has 0 aliphatic carbocycles. The maximum Gasteiger partial charge on any atom is 0.327 e. The van der Waals surface area contributed by atoms with Crippen molar-refractivity contribution in [3.05, 3.63) is 18.1 Å². The normalized spacial score (nSPS) is 35.2. The maximum absolute atomic E-state index is 14.4. The summed E-state index contributed by atoms with van der Waals surface area (Å²) in [6, 6.07) is -0.883. The van der Waals surface area contributed by atoms with Gasteiger partial charge in [0.1, 0.15) is 24.3 Å². The second-order valence-corrected chi connectivity index (χ2v) is 5.86. The van der Waals surface area contributed by atoms with E-state index >= 15 is 0 Å². The van der Waals surface area contributed by atoms with Gasteiger partial charge in [-0.05, 0) is 6.42 Å². The van der Waals surface area contributed by atoms with Crippen molar-refractivity contribution in [2.24, 2.45) is 5.73 Å². The van der Waals surface area contributed by atoms with E-state index in [-0.39, 0.29) is 6.61 Å². The van der Waals surface area contributed by atoms with Gasteiger partial charge in [-0.1, -0.05) is 19.8 Å². The minimum atomic E-state index is -2.11. The Morgan fingerprint density at radius 1 is 1.52 bits per heavy atom. The smallest absolute Gasteiger partial charge is 0.327 e. The molecule has 1 unspecified atom stereocenters. The fourth-order valence-electron chi connectivity index (χ4n) is 2.56. The van der Waals surface area contributed by atoms with Crippen LogP contribution in [0.2, 0.25) is 0 Å². The summed E-state index contributed by atoms with van der Waals surface area (Å²) >= 11 is 0. The quantitative estimate of drug-likeness (QED) is 0.273. The highest BCUT2D eigenvalue weighted by Crippen LogP contribution is 2.29. The van der Waals surface area contributed by atoms with Crippen molar-refractivity contribution in [1.82, 2.24) is 10.2 Å². The number of nitrogens with zero attached hydrogens (tertiary/aromatic N) is 1. The summed E-state index contributed by atoms with van der Waals surface area (Å²) in [5, 5.41) is 22.0. The lowest BCUT2D eigenvalue weighted by Gasteiger charge is -2.38. The van der Waals surface area contributed by atoms with E-state index in [2.05, 4.69) is 5.32 Å². The Morgan fingerprint density at radius 2 is 2.24 bits per heavy atom. The number of nitrogens with one attached hydrogen (secondary N) is 1. The average Bonchev–Trinajstić information content (AvgIpc) is 2.84. The van der Waals surface area contributed by atoms with E-state index in [0.717, 1.165) is 25.1 Å². The van der Waals surface area contributed by atoms with E-state index in [9.17, 15) is 24.2 Å². The first-order valence-corrected chi connectivity index (χ1v) is 7.97. The third-order valence-electron chi connectivity index (χ3n) is 3.99. The molecule has 0 bridgehead atoms. The van der Waals surface area contributed by atoms with E-state index in [1.165, 1.54) is 5.94 Å². The Bertz CT molecular complexity index is 582. The number of amides is 2. The predicted octanol–water partition coefficient (Wildman–Crippen LogP) is -0.524. The van der Waals surface area contributed by atoms with Crippen molar-refractivity contribution in [3.8, 4) is 0 Å². The molecule has 2 aliphatic rings. The number of unbranched alkanes of at least 4 members (excludes halogenated alkanes) is 2. The number of nitrogens with two attached hydrogens (primary N) is 1. The molecule has 0 spiro atoms. The van der Waals surface area contributed by atoms with Crippen LogP contribution in [0.5, 0.6) is 0 Å². The van der Waals surface area contributed by atoms with Gasteiger partial charge in [0.15, 0.2) is 12.1 Å². The molecule has 5 atom stereocenters. The highest BCUT2D eigenvalue weighted by molar-refractivity contribution is 5.78. The number of halogens is 1. The van der Waals surface area contributed by atoms with Crippen LogP contribution in [0.15, 0.2) is 18.1 Å². The molecule has 140 valence electrons. The molecule has 10 heteroatoms. The van der Waals surface area contributed by atoms with Crippen LogP contribution in [0.1, 0.15) is 26.2 Å². The molecule has 2 aliphatic heterocycles. The molecule has 0 saturated carbocycles. The van der Waals surface area contributed by atoms with Gasteiger partial charge in [0.05, 0.1) is 6.61 Å². The molecule has 2 rings (SSSR count). The van der Waals surface area contributed by atoms with E-state index in [1.54, 1.807) is 0 Å². The van der Waals surface area contributed by atoms with Gasteiger partial charge in [-0.2, -0.15) is 0 Å². The van der Waals surface area contributed by atoms with Gasteiger partial charge >= 0.3 is 6.03 Å². The van der Waals surface area contributed by atoms with Crippen LogP contribution in [-0.2, 0) is 14.3 Å². The van der Waals surface area contributed by atoms with Gasteiger partial charge in [0.2, 0.25) is 0 Å². The first kappa shape index (κ1) is 19.5. The van der Waals surface area contributed by atoms with Crippen molar-refractivity contribution in [3.63, 3.8) is 0 Å². The zero-order valence-electron chi connectivity index (χ0n) is 13.7. The van der Waals surface area contributed by atoms with Gasteiger partial charge in [0, 0.05) is 12.3 Å². The SMILES string of the molecule is CCCCCOC1(N)NC(=O)N([C@@H]2O[C@H](C=C=O)[C@@H](O)[C@H]2O)C=C1F. The summed E-state index contributed by atoms with van der Waals surface area (Å²) in [7, 11) is 0. The first-order chi connectivity index (χ1) is 11.8. The lowest BCUT2D eigenvalue weighted by Crippen LogP contribution is -2.65. The van der Waals surface area contributed by atoms with Gasteiger partial charge in [-0.3, -0.25) is 16.0 Å². The minimum absolute atomic E-state index is 0.152. The van der Waals surface area contributed by atoms with E-state index in [4.69, 9.17) is 15.2 Å². The van der Waals surface area contributed by atoms with Crippen molar-refractivity contribution in [1.29, 1.82) is 0 Å². The van der Waals surface area contributed by atoms with Crippen molar-refractivity contribution in [2.45, 2.75) is 56.6 Å². The van der Waals surface area contributed by atoms with Crippen LogP contribution in [0, 0.1) is 0 Å². The number of hydrogen-bond donors (Lipinski definition) is 4. The van der Waals surface area contributed by atoms with Gasteiger partial charge in [-0.15, -0.1) is 0 Å². The third-order valence-corrected chi connectivity index (χ3v) is 3.99. The second-order valence-electron chi connectivity index (χ2n) is 5.86. The molecular weight excluding hydrogens is 337 g/mol. The monoisotopic (exact) mass is 359 g/mol. The highest BCUT2D eigenvalue weighted by atomic mass is 19.1. The molecular formula is C15H22FN3O6. The summed E-state index contributed by atoms with van der Waals surface area (Å²) in [5.41, 5.74) is 5.74. The molecule has 2 heterocycles. The molecule has 9 nitrogen and oxygen atoms in total. The maximum atomic E-state index is 14.4. The topological polar surface area (TPSA) is 134 Å². The van der Waals surface area contributed by atoms with E-state index in [1.807, 2.05) is 6.92 Å². The summed E-state index contributed by atoms with van der Waals surface area (Å²) < 4.78 is 24.8. The number of carbonyl (C=O) groups excluding carboxylic acids is 2. The van der Waals surface area contributed by atoms with Crippen LogP contribution in [0.3, 0.4) is 0 Å². The Kier molecular flexibility index (Phi) is 6.28. The summed E-state index contributed by atoms with van der Waals surface area (Å²) in [6.07, 6.45) is -1.53. The molecule has 0 aromatic rings. The molecule has 1 fully saturated rings. The molecule has 5 N–H and O–H groups in total. The van der Waals surface area contributed by atoms with Gasteiger partial charge < -0.3 is 19.7 Å². The number of hydrogen-bond acceptors (Lipinski definition) is 7. The lowest BCUT2D eigenvalue weighted by molar-refractivity contribution is -0.0793. The second kappa shape index (κ2) is 8.05. The highest BCUT2D eigenvalue weighted by Gasteiger charge is 2.49. The standard InChI is InChI=1S/C15H22FN3O6/c1-2-3-4-7-24-15(17)10(16)8-19(14(23)18-15)13-12(22)11(21)9(25-13)5-6-20/h5,8-9,11-13,21-22H,2-4,7,17H2,1H3,(H,18,23)/t9-,11-,12-,13-,15?/m1/s1. The average molecular weight is 359 g/mol. The van der Waals surface area contributed by atoms with Crippen LogP contribution in [0.4, 0.5) is 9.18 Å². The summed E-state index contributed by atoms with van der Waals surface area (Å²) in [4.78, 5) is 23.3. The summed E-state index contributed by atoms with van der Waals surface area (Å²) in [5.74, 6) is -1.67. The van der Waals surface area contributed by atoms with Crippen LogP contribution in [0.25, 0.3) is 0 Å². The predicted molar refractivity (Wildman–Crippen MR) is 82.9 cm³/mol. The van der Waals surface area contributed by atoms with Gasteiger partial charge in [-0.25, -0.2) is 14.0 Å². The molecule has 0 aromatic carbocycles. The molecule has 25 heavy (non-hydrogen) atoms. The van der Waals surface area contributed by atoms with Crippen LogP contribution < -0.4 is 11.1 Å². The largest absolute Gasteiger partial charge is 0.387 e. The van der Waals surface area contributed by atoms with Crippen molar-refractivity contribution in [2.75, 3.05) is 6.61 Å². The molecule has 1 saturated heterocycles. The Labute approximate surface area is 143 Å². The molecule has 0 aromatic heterocycles. The first-order valence-electron chi connectivity index (χ1n) is 7.97. The fourth-order valence-corrected chi connectivity index (χ4v) is 2.56. The fraction of sp³-hybridized carbons (Fsp3) is 0.667. The van der Waals surface area contributed by atoms with Crippen LogP contribution in [-0.4, -0.2) is 64.1 Å². The van der Waals surface area contributed by atoms with Crippen LogP contribution >= 0.6 is 0 Å². The number of ether oxygens (including phenoxy) is 2. The number of aliphatic hydroxyl groups excluding tert-OH is 2. The molecule has 2 amide bonds. The Hall–Kier alpha value is -1.81. The number of urea groups is 1. The van der Waals surface area contributed by atoms with Crippen molar-refractivity contribution >= 4 is 12.0 Å². The lowest BCUT2D eigenvalue weighted by atomic mass is 10.1. The number of rotatable bonds is 7. The zero-order chi connectivity index (χ0) is 18.6.